The minimum atomic E-state index is -0.608. The Hall–Kier alpha value is -0.640. The summed E-state index contributed by atoms with van der Waals surface area (Å²) in [5, 5.41) is 21.1. The lowest BCUT2D eigenvalue weighted by Crippen LogP contribution is -2.30. The molecule has 3 aliphatic rings. The van der Waals surface area contributed by atoms with Crippen molar-refractivity contribution in [3.05, 3.63) is 23.8 Å². The minimum Gasteiger partial charge on any atom is -0.392 e. The molecule has 3 heteroatoms. The van der Waals surface area contributed by atoms with E-state index in [-0.39, 0.29) is 12.0 Å². The third-order valence-corrected chi connectivity index (χ3v) is 7.61. The minimum absolute atomic E-state index is 0.209. The first-order chi connectivity index (χ1) is 14.0. The Bertz CT molecular complexity index is 547. The Morgan fingerprint density at radius 2 is 1.97 bits per heavy atom. The molecule has 2 N–H and O–H groups in total. The fourth-order valence-electron chi connectivity index (χ4n) is 5.80. The predicted octanol–water partition coefficient (Wildman–Crippen LogP) is 5.47. The molecule has 1 saturated carbocycles. The van der Waals surface area contributed by atoms with Gasteiger partial charge in [-0.15, -0.1) is 0 Å². The van der Waals surface area contributed by atoms with Crippen molar-refractivity contribution in [2.24, 2.45) is 17.8 Å². The van der Waals surface area contributed by atoms with E-state index in [0.717, 1.165) is 25.7 Å². The van der Waals surface area contributed by atoms with Crippen LogP contribution in [0.3, 0.4) is 0 Å². The number of hydrogen-bond donors (Lipinski definition) is 2. The quantitative estimate of drug-likeness (QED) is 0.355. The molecule has 0 unspecified atom stereocenters. The molecule has 166 valence electrons. The molecule has 0 aromatic rings. The van der Waals surface area contributed by atoms with Gasteiger partial charge in [0.2, 0.25) is 0 Å². The summed E-state index contributed by atoms with van der Waals surface area (Å²) in [6, 6.07) is 0. The molecule has 0 aromatic carbocycles. The molecule has 0 spiro atoms. The molecule has 3 nitrogen and oxygen atoms in total. The van der Waals surface area contributed by atoms with E-state index in [1.54, 1.807) is 5.57 Å². The Balaban J connectivity index is 1.40. The number of rotatable bonds is 11. The first-order valence-corrected chi connectivity index (χ1v) is 12.5. The van der Waals surface area contributed by atoms with Crippen LogP contribution in [0.1, 0.15) is 90.9 Å². The van der Waals surface area contributed by atoms with Gasteiger partial charge in [0.1, 0.15) is 0 Å². The Morgan fingerprint density at radius 1 is 1.17 bits per heavy atom. The summed E-state index contributed by atoms with van der Waals surface area (Å²) >= 11 is 0. The van der Waals surface area contributed by atoms with Crippen molar-refractivity contribution in [2.45, 2.75) is 103 Å². The molecule has 0 bridgehead atoms. The molecular formula is C26H45NO2. The van der Waals surface area contributed by atoms with E-state index in [1.165, 1.54) is 64.6 Å². The highest BCUT2D eigenvalue weighted by atomic mass is 16.3. The van der Waals surface area contributed by atoms with Crippen LogP contribution in [0.5, 0.6) is 0 Å². The lowest BCUT2D eigenvalue weighted by Gasteiger charge is -2.26. The van der Waals surface area contributed by atoms with Gasteiger partial charge in [0.05, 0.1) is 11.7 Å². The Morgan fingerprint density at radius 3 is 2.72 bits per heavy atom. The summed E-state index contributed by atoms with van der Waals surface area (Å²) in [6.07, 6.45) is 20.6. The molecule has 3 rings (SSSR count). The fraction of sp³-hybridized carbons (Fsp3) is 0.846. The van der Waals surface area contributed by atoms with Crippen LogP contribution in [0.15, 0.2) is 23.8 Å². The van der Waals surface area contributed by atoms with Crippen LogP contribution >= 0.6 is 0 Å². The summed E-state index contributed by atoms with van der Waals surface area (Å²) in [7, 11) is 0. The molecule has 1 heterocycles. The van der Waals surface area contributed by atoms with Crippen molar-refractivity contribution in [1.29, 1.82) is 0 Å². The van der Waals surface area contributed by atoms with E-state index in [0.29, 0.717) is 18.3 Å². The second-order valence-electron chi connectivity index (χ2n) is 10.3. The van der Waals surface area contributed by atoms with Crippen LogP contribution in [0.4, 0.5) is 0 Å². The van der Waals surface area contributed by atoms with Gasteiger partial charge >= 0.3 is 0 Å². The number of unbranched alkanes of at least 4 members (excludes halogenated alkanes) is 2. The highest BCUT2D eigenvalue weighted by Gasteiger charge is 2.43. The van der Waals surface area contributed by atoms with Gasteiger partial charge in [-0.2, -0.15) is 0 Å². The standard InChI is InChI=1S/C26H45NO2/c1-3-4-13-26(2,29)14-10-12-23-24-19-21(18-22(24)20-25(23)28)11-6-9-17-27-15-7-5-8-16-27/h10,12,18,22-25,28-29H,3-9,11,13-17,19-20H2,1-2H3/b12-10+/t22-,23+,24-,25+,26-/m0/s1. The van der Waals surface area contributed by atoms with Crippen molar-refractivity contribution >= 4 is 0 Å². The van der Waals surface area contributed by atoms with E-state index in [2.05, 4.69) is 30.1 Å². The summed E-state index contributed by atoms with van der Waals surface area (Å²) in [6.45, 7) is 8.01. The second kappa shape index (κ2) is 11.1. The normalized spacial score (nSPS) is 32.5. The molecule has 2 fully saturated rings. The zero-order valence-electron chi connectivity index (χ0n) is 19.0. The van der Waals surface area contributed by atoms with Crippen LogP contribution in [0.2, 0.25) is 0 Å². The number of hydrogen-bond acceptors (Lipinski definition) is 3. The SMILES string of the molecule is CCCC[C@](C)(O)C/C=C/[C@@H]1[C@H]2CC(CCCCN3CCCCC3)=C[C@H]2C[C@H]1O. The molecule has 0 amide bonds. The third-order valence-electron chi connectivity index (χ3n) is 7.61. The third kappa shape index (κ3) is 6.94. The van der Waals surface area contributed by atoms with E-state index in [1.807, 2.05) is 6.92 Å². The molecule has 1 aliphatic heterocycles. The van der Waals surface area contributed by atoms with Crippen LogP contribution < -0.4 is 0 Å². The summed E-state index contributed by atoms with van der Waals surface area (Å²) in [4.78, 5) is 2.65. The van der Waals surface area contributed by atoms with E-state index < -0.39 is 5.60 Å². The lowest BCUT2D eigenvalue weighted by atomic mass is 9.87. The average Bonchev–Trinajstić information content (AvgIpc) is 3.22. The Kier molecular flexibility index (Phi) is 8.83. The Labute approximate surface area is 179 Å². The number of nitrogens with zero attached hydrogens (tertiary/aromatic N) is 1. The van der Waals surface area contributed by atoms with Crippen molar-refractivity contribution in [1.82, 2.24) is 4.90 Å². The van der Waals surface area contributed by atoms with Crippen molar-refractivity contribution in [2.75, 3.05) is 19.6 Å². The van der Waals surface area contributed by atoms with Crippen LogP contribution in [-0.4, -0.2) is 46.5 Å². The molecule has 0 aromatic heterocycles. The number of aliphatic hydroxyl groups excluding tert-OH is 1. The molecule has 0 radical (unpaired) electrons. The van der Waals surface area contributed by atoms with Crippen molar-refractivity contribution in [3.8, 4) is 0 Å². The largest absolute Gasteiger partial charge is 0.392 e. The predicted molar refractivity (Wildman–Crippen MR) is 122 cm³/mol. The summed E-state index contributed by atoms with van der Waals surface area (Å²) in [5.41, 5.74) is 1.03. The fourth-order valence-corrected chi connectivity index (χ4v) is 5.80. The smallest absolute Gasteiger partial charge is 0.0654 e. The first-order valence-electron chi connectivity index (χ1n) is 12.5. The number of likely N-dealkylation sites (tertiary alicyclic amines) is 1. The zero-order valence-corrected chi connectivity index (χ0v) is 19.0. The average molecular weight is 404 g/mol. The summed E-state index contributed by atoms with van der Waals surface area (Å²) in [5.74, 6) is 1.42. The van der Waals surface area contributed by atoms with Crippen molar-refractivity contribution < 1.29 is 10.2 Å². The number of fused-ring (bicyclic) bond motifs is 1. The zero-order chi connectivity index (χ0) is 20.7. The van der Waals surface area contributed by atoms with Crippen LogP contribution in [-0.2, 0) is 0 Å². The molecule has 29 heavy (non-hydrogen) atoms. The maximum atomic E-state index is 10.6. The highest BCUT2D eigenvalue weighted by molar-refractivity contribution is 5.20. The number of piperidine rings is 1. The van der Waals surface area contributed by atoms with Gasteiger partial charge in [-0.25, -0.2) is 0 Å². The molecular weight excluding hydrogens is 358 g/mol. The number of allylic oxidation sites excluding steroid dienone is 2. The van der Waals surface area contributed by atoms with Gasteiger partial charge in [-0.05, 0) is 96.2 Å². The van der Waals surface area contributed by atoms with E-state index >= 15 is 0 Å². The van der Waals surface area contributed by atoms with Crippen LogP contribution in [0.25, 0.3) is 0 Å². The maximum Gasteiger partial charge on any atom is 0.0654 e. The van der Waals surface area contributed by atoms with Gasteiger partial charge in [0.15, 0.2) is 0 Å². The van der Waals surface area contributed by atoms with E-state index in [9.17, 15) is 10.2 Å². The van der Waals surface area contributed by atoms with E-state index in [4.69, 9.17) is 0 Å². The topological polar surface area (TPSA) is 43.7 Å². The van der Waals surface area contributed by atoms with Crippen LogP contribution in [0, 0.1) is 17.8 Å². The summed E-state index contributed by atoms with van der Waals surface area (Å²) < 4.78 is 0. The van der Waals surface area contributed by atoms with Gasteiger partial charge in [-0.3, -0.25) is 0 Å². The second-order valence-corrected chi connectivity index (χ2v) is 10.3. The maximum absolute atomic E-state index is 10.6. The molecule has 2 aliphatic carbocycles. The molecule has 5 atom stereocenters. The monoisotopic (exact) mass is 403 g/mol. The van der Waals surface area contributed by atoms with Gasteiger partial charge in [0.25, 0.3) is 0 Å². The van der Waals surface area contributed by atoms with Crippen molar-refractivity contribution in [3.63, 3.8) is 0 Å². The van der Waals surface area contributed by atoms with Gasteiger partial charge in [-0.1, -0.05) is 50.0 Å². The highest BCUT2D eigenvalue weighted by Crippen LogP contribution is 2.48. The van der Waals surface area contributed by atoms with Gasteiger partial charge in [0, 0.05) is 5.92 Å². The molecule has 1 saturated heterocycles. The first kappa shape index (κ1) is 23.0. The number of aliphatic hydroxyl groups is 2. The lowest BCUT2D eigenvalue weighted by molar-refractivity contribution is 0.0513. The van der Waals surface area contributed by atoms with Gasteiger partial charge < -0.3 is 15.1 Å².